The Morgan fingerprint density at radius 1 is 1.13 bits per heavy atom. The molecule has 0 radical (unpaired) electrons. The van der Waals surface area contributed by atoms with E-state index >= 15 is 0 Å². The molecule has 2 rings (SSSR count). The fourth-order valence-corrected chi connectivity index (χ4v) is 1.18. The van der Waals surface area contributed by atoms with Gasteiger partial charge in [-0.3, -0.25) is 4.79 Å². The smallest absolute Gasteiger partial charge is 0.226 e. The van der Waals surface area contributed by atoms with Crippen LogP contribution in [0.1, 0.15) is 5.56 Å². The summed E-state index contributed by atoms with van der Waals surface area (Å²) < 4.78 is 10.2. The van der Waals surface area contributed by atoms with Crippen LogP contribution in [0.15, 0.2) is 58.1 Å². The van der Waals surface area contributed by atoms with Crippen molar-refractivity contribution < 1.29 is 9.15 Å². The van der Waals surface area contributed by atoms with E-state index in [-0.39, 0.29) is 11.2 Å². The fourth-order valence-electron chi connectivity index (χ4n) is 1.18. The average molecular weight is 202 g/mol. The van der Waals surface area contributed by atoms with Crippen molar-refractivity contribution in [1.82, 2.24) is 0 Å². The van der Waals surface area contributed by atoms with Crippen molar-refractivity contribution in [2.24, 2.45) is 0 Å². The van der Waals surface area contributed by atoms with Gasteiger partial charge in [-0.2, -0.15) is 0 Å². The summed E-state index contributed by atoms with van der Waals surface area (Å²) in [5.74, 6) is 0.237. The highest BCUT2D eigenvalue weighted by Crippen LogP contribution is 2.06. The number of rotatable bonds is 3. The second-order valence-corrected chi connectivity index (χ2v) is 3.06. The zero-order valence-corrected chi connectivity index (χ0v) is 8.05. The Labute approximate surface area is 86.9 Å². The molecular formula is C12H10O3. The molecule has 0 aliphatic heterocycles. The lowest BCUT2D eigenvalue weighted by atomic mass is 10.2. The Hall–Kier alpha value is -2.03. The van der Waals surface area contributed by atoms with Gasteiger partial charge in [-0.25, -0.2) is 0 Å². The summed E-state index contributed by atoms with van der Waals surface area (Å²) in [6.07, 6.45) is 2.64. The van der Waals surface area contributed by atoms with Crippen LogP contribution in [0.4, 0.5) is 0 Å². The molecule has 1 aromatic carbocycles. The summed E-state index contributed by atoms with van der Waals surface area (Å²) in [5.41, 5.74) is 0.845. The molecule has 0 saturated carbocycles. The minimum absolute atomic E-state index is 0.169. The molecule has 0 fully saturated rings. The highest BCUT2D eigenvalue weighted by molar-refractivity contribution is 5.17. The van der Waals surface area contributed by atoms with Gasteiger partial charge >= 0.3 is 0 Å². The third-order valence-corrected chi connectivity index (χ3v) is 1.95. The minimum atomic E-state index is -0.169. The van der Waals surface area contributed by atoms with E-state index < -0.39 is 0 Å². The van der Waals surface area contributed by atoms with Gasteiger partial charge in [0.15, 0.2) is 0 Å². The molecule has 0 unspecified atom stereocenters. The molecule has 15 heavy (non-hydrogen) atoms. The van der Waals surface area contributed by atoms with Gasteiger partial charge in [0.1, 0.15) is 12.9 Å². The summed E-state index contributed by atoms with van der Waals surface area (Å²) in [6, 6.07) is 11.0. The molecule has 3 nitrogen and oxygen atoms in total. The van der Waals surface area contributed by atoms with E-state index in [0.29, 0.717) is 6.61 Å². The van der Waals surface area contributed by atoms with Crippen molar-refractivity contribution in [3.05, 3.63) is 64.7 Å². The molecule has 0 aliphatic carbocycles. The van der Waals surface area contributed by atoms with E-state index in [1.165, 1.54) is 18.6 Å². The number of benzene rings is 1. The van der Waals surface area contributed by atoms with Crippen LogP contribution in [-0.2, 0) is 6.61 Å². The van der Waals surface area contributed by atoms with Gasteiger partial charge in [0.2, 0.25) is 11.2 Å². The van der Waals surface area contributed by atoms with Gasteiger partial charge in [0, 0.05) is 6.07 Å². The van der Waals surface area contributed by atoms with E-state index in [4.69, 9.17) is 9.15 Å². The lowest BCUT2D eigenvalue weighted by Crippen LogP contribution is -2.05. The second kappa shape index (κ2) is 4.46. The quantitative estimate of drug-likeness (QED) is 0.766. The van der Waals surface area contributed by atoms with Crippen molar-refractivity contribution in [2.45, 2.75) is 6.61 Å². The molecule has 0 spiro atoms. The monoisotopic (exact) mass is 202 g/mol. The Bertz CT molecular complexity index is 473. The van der Waals surface area contributed by atoms with Gasteiger partial charge in [0.25, 0.3) is 0 Å². The maximum absolute atomic E-state index is 11.3. The van der Waals surface area contributed by atoms with Crippen LogP contribution in [0.3, 0.4) is 0 Å². The molecule has 1 aromatic heterocycles. The van der Waals surface area contributed by atoms with Crippen LogP contribution in [-0.4, -0.2) is 0 Å². The Morgan fingerprint density at radius 2 is 1.93 bits per heavy atom. The maximum Gasteiger partial charge on any atom is 0.226 e. The van der Waals surface area contributed by atoms with Crippen LogP contribution in [0.25, 0.3) is 0 Å². The first-order chi connectivity index (χ1) is 7.36. The number of ether oxygens (including phenoxy) is 1. The lowest BCUT2D eigenvalue weighted by Gasteiger charge is -2.03. The standard InChI is InChI=1S/C12H10O3/c13-11-6-7-14-9-12(11)15-8-10-4-2-1-3-5-10/h1-7,9H,8H2. The van der Waals surface area contributed by atoms with Crippen molar-refractivity contribution in [3.8, 4) is 5.75 Å². The first-order valence-corrected chi connectivity index (χ1v) is 4.59. The van der Waals surface area contributed by atoms with Gasteiger partial charge < -0.3 is 9.15 Å². The summed E-state index contributed by atoms with van der Waals surface area (Å²) in [7, 11) is 0. The Morgan fingerprint density at radius 3 is 2.67 bits per heavy atom. The molecule has 0 amide bonds. The number of hydrogen-bond donors (Lipinski definition) is 0. The van der Waals surface area contributed by atoms with Gasteiger partial charge in [-0.1, -0.05) is 30.3 Å². The molecule has 0 saturated heterocycles. The summed E-state index contributed by atoms with van der Waals surface area (Å²) in [4.78, 5) is 11.3. The van der Waals surface area contributed by atoms with E-state index in [1.807, 2.05) is 30.3 Å². The van der Waals surface area contributed by atoms with Crippen molar-refractivity contribution in [3.63, 3.8) is 0 Å². The highest BCUT2D eigenvalue weighted by Gasteiger charge is 1.99. The topological polar surface area (TPSA) is 39.4 Å². The number of hydrogen-bond acceptors (Lipinski definition) is 3. The highest BCUT2D eigenvalue weighted by atomic mass is 16.5. The van der Waals surface area contributed by atoms with Crippen molar-refractivity contribution in [2.75, 3.05) is 0 Å². The fraction of sp³-hybridized carbons (Fsp3) is 0.0833. The maximum atomic E-state index is 11.3. The summed E-state index contributed by atoms with van der Waals surface area (Å²) >= 11 is 0. The zero-order valence-electron chi connectivity index (χ0n) is 8.05. The van der Waals surface area contributed by atoms with Crippen LogP contribution in [0.2, 0.25) is 0 Å². The van der Waals surface area contributed by atoms with Crippen molar-refractivity contribution in [1.29, 1.82) is 0 Å². The van der Waals surface area contributed by atoms with Crippen LogP contribution in [0.5, 0.6) is 5.75 Å². The third kappa shape index (κ3) is 2.47. The predicted molar refractivity (Wildman–Crippen MR) is 55.8 cm³/mol. The largest absolute Gasteiger partial charge is 0.482 e. The molecular weight excluding hydrogens is 192 g/mol. The van der Waals surface area contributed by atoms with Gasteiger partial charge in [0.05, 0.1) is 6.26 Å². The SMILES string of the molecule is O=c1ccocc1OCc1ccccc1. The third-order valence-electron chi connectivity index (χ3n) is 1.95. The normalized spacial score (nSPS) is 9.87. The molecule has 0 N–H and O–H groups in total. The van der Waals surface area contributed by atoms with Crippen molar-refractivity contribution >= 4 is 0 Å². The first kappa shape index (κ1) is 9.52. The van der Waals surface area contributed by atoms with Crippen LogP contribution in [0, 0.1) is 0 Å². The molecule has 0 bridgehead atoms. The molecule has 76 valence electrons. The van der Waals surface area contributed by atoms with E-state index in [0.717, 1.165) is 5.56 Å². The van der Waals surface area contributed by atoms with E-state index in [1.54, 1.807) is 0 Å². The molecule has 2 aromatic rings. The summed E-state index contributed by atoms with van der Waals surface area (Å²) in [5, 5.41) is 0. The van der Waals surface area contributed by atoms with Crippen LogP contribution >= 0.6 is 0 Å². The molecule has 3 heteroatoms. The predicted octanol–water partition coefficient (Wildman–Crippen LogP) is 2.22. The summed E-state index contributed by atoms with van der Waals surface area (Å²) in [6.45, 7) is 0.371. The minimum Gasteiger partial charge on any atom is -0.482 e. The molecule has 1 heterocycles. The molecule has 0 aliphatic rings. The lowest BCUT2D eigenvalue weighted by molar-refractivity contribution is 0.292. The second-order valence-electron chi connectivity index (χ2n) is 3.06. The zero-order chi connectivity index (χ0) is 10.5. The average Bonchev–Trinajstić information content (AvgIpc) is 2.29. The Balaban J connectivity index is 2.06. The van der Waals surface area contributed by atoms with Crippen LogP contribution < -0.4 is 10.2 Å². The Kier molecular flexibility index (Phi) is 2.83. The van der Waals surface area contributed by atoms with E-state index in [2.05, 4.69) is 0 Å². The van der Waals surface area contributed by atoms with E-state index in [9.17, 15) is 4.79 Å². The van der Waals surface area contributed by atoms with Gasteiger partial charge in [-0.05, 0) is 5.56 Å². The van der Waals surface area contributed by atoms with Gasteiger partial charge in [-0.15, -0.1) is 0 Å². The molecule has 0 atom stereocenters. The first-order valence-electron chi connectivity index (χ1n) is 4.59.